The Hall–Kier alpha value is -5.46. The zero-order valence-corrected chi connectivity index (χ0v) is 30.5. The molecule has 1 fully saturated rings. The summed E-state index contributed by atoms with van der Waals surface area (Å²) in [6, 6.07) is 38.4. The lowest BCUT2D eigenvalue weighted by Crippen LogP contribution is -2.47. The Morgan fingerprint density at radius 2 is 1.50 bits per heavy atom. The van der Waals surface area contributed by atoms with Crippen LogP contribution in [-0.4, -0.2) is 53.2 Å². The number of carboxylic acids is 1. The molecular formula is C43H42N2O8S. The van der Waals surface area contributed by atoms with Gasteiger partial charge >= 0.3 is 18.0 Å². The number of hydrogen-bond acceptors (Lipinski definition) is 8. The van der Waals surface area contributed by atoms with Crippen molar-refractivity contribution in [3.05, 3.63) is 161 Å². The number of aliphatic hydroxyl groups is 1. The lowest BCUT2D eigenvalue weighted by molar-refractivity contribution is -0.245. The number of rotatable bonds is 14. The molecular weight excluding hydrogens is 705 g/mol. The zero-order chi connectivity index (χ0) is 37.9. The molecule has 2 amide bonds. The van der Waals surface area contributed by atoms with Gasteiger partial charge in [-0.15, -0.1) is 11.8 Å². The van der Waals surface area contributed by atoms with Gasteiger partial charge in [0, 0.05) is 35.6 Å². The maximum atomic E-state index is 13.0. The van der Waals surface area contributed by atoms with Gasteiger partial charge in [-0.1, -0.05) is 103 Å². The molecule has 0 spiro atoms. The molecule has 0 aliphatic carbocycles. The van der Waals surface area contributed by atoms with Crippen molar-refractivity contribution in [3.8, 4) is 11.1 Å². The number of carboxylic acid groups (broad SMARTS) is 1. The summed E-state index contributed by atoms with van der Waals surface area (Å²) in [4.78, 5) is 37.7. The van der Waals surface area contributed by atoms with Crippen LogP contribution >= 0.6 is 11.8 Å². The van der Waals surface area contributed by atoms with E-state index in [4.69, 9.17) is 14.2 Å². The number of aromatic carboxylic acids is 1. The Kier molecular flexibility index (Phi) is 13.1. The van der Waals surface area contributed by atoms with Gasteiger partial charge in [-0.2, -0.15) is 0 Å². The van der Waals surface area contributed by atoms with Crippen molar-refractivity contribution in [1.29, 1.82) is 0 Å². The first-order valence-corrected chi connectivity index (χ1v) is 18.6. The number of nitrogens with one attached hydrogen (secondary N) is 2. The summed E-state index contributed by atoms with van der Waals surface area (Å²) >= 11 is 1.60. The fourth-order valence-corrected chi connectivity index (χ4v) is 7.17. The van der Waals surface area contributed by atoms with Crippen molar-refractivity contribution in [2.24, 2.45) is 0 Å². The summed E-state index contributed by atoms with van der Waals surface area (Å²) < 4.78 is 18.0. The summed E-state index contributed by atoms with van der Waals surface area (Å²) in [6.07, 6.45) is -0.139. The van der Waals surface area contributed by atoms with Gasteiger partial charge in [-0.25, -0.2) is 14.4 Å². The van der Waals surface area contributed by atoms with Crippen molar-refractivity contribution in [2.75, 3.05) is 12.9 Å². The van der Waals surface area contributed by atoms with Gasteiger partial charge in [0.1, 0.15) is 6.04 Å². The van der Waals surface area contributed by atoms with Crippen LogP contribution in [0.25, 0.3) is 11.1 Å². The normalized spacial score (nSPS) is 17.3. The van der Waals surface area contributed by atoms with Crippen LogP contribution in [0, 0.1) is 0 Å². The number of carbonyl (C=O) groups excluding carboxylic acids is 2. The monoisotopic (exact) mass is 746 g/mol. The summed E-state index contributed by atoms with van der Waals surface area (Å²) in [6.45, 7) is 0.188. The number of ether oxygens (including phenoxy) is 3. The van der Waals surface area contributed by atoms with E-state index in [1.807, 2.05) is 103 Å². The maximum absolute atomic E-state index is 13.0. The highest BCUT2D eigenvalue weighted by molar-refractivity contribution is 7.99. The molecule has 1 saturated heterocycles. The van der Waals surface area contributed by atoms with E-state index in [1.54, 1.807) is 36.0 Å². The molecule has 0 aromatic heterocycles. The van der Waals surface area contributed by atoms with Gasteiger partial charge in [0.25, 0.3) is 0 Å². The van der Waals surface area contributed by atoms with Crippen molar-refractivity contribution >= 4 is 29.7 Å². The van der Waals surface area contributed by atoms with Crippen molar-refractivity contribution < 1.29 is 38.8 Å². The second-order valence-corrected chi connectivity index (χ2v) is 14.0. The van der Waals surface area contributed by atoms with Gasteiger partial charge in [-0.05, 0) is 57.6 Å². The fraction of sp³-hybridized carbons (Fsp3) is 0.233. The van der Waals surface area contributed by atoms with Crippen molar-refractivity contribution in [2.45, 2.75) is 55.4 Å². The first-order chi connectivity index (χ1) is 26.3. The number of hydrogen-bond donors (Lipinski definition) is 4. The quantitative estimate of drug-likeness (QED) is 0.0673. The average Bonchev–Trinajstić information content (AvgIpc) is 3.22. The Morgan fingerprint density at radius 1 is 0.815 bits per heavy atom. The minimum absolute atomic E-state index is 0.0408. The largest absolute Gasteiger partial charge is 0.478 e. The maximum Gasteiger partial charge on any atom is 0.335 e. The smallest absolute Gasteiger partial charge is 0.335 e. The van der Waals surface area contributed by atoms with E-state index < -0.39 is 30.3 Å². The minimum atomic E-state index is -0.962. The molecule has 278 valence electrons. The van der Waals surface area contributed by atoms with E-state index in [-0.39, 0.29) is 30.9 Å². The van der Waals surface area contributed by atoms with E-state index in [2.05, 4.69) is 10.6 Å². The number of methoxy groups -OCH3 is 1. The van der Waals surface area contributed by atoms with Gasteiger partial charge in [0.05, 0.1) is 31.5 Å². The second kappa shape index (κ2) is 18.5. The van der Waals surface area contributed by atoms with Gasteiger partial charge in [0.15, 0.2) is 6.29 Å². The van der Waals surface area contributed by atoms with Gasteiger partial charge in [0.2, 0.25) is 0 Å². The third-order valence-corrected chi connectivity index (χ3v) is 10.3. The Labute approximate surface area is 318 Å². The molecule has 10 nitrogen and oxygen atoms in total. The number of urea groups is 1. The van der Waals surface area contributed by atoms with Crippen LogP contribution in [0.3, 0.4) is 0 Å². The van der Waals surface area contributed by atoms with Gasteiger partial charge in [-0.3, -0.25) is 0 Å². The number of carbonyl (C=O) groups is 3. The molecule has 11 heteroatoms. The average molecular weight is 747 g/mol. The molecule has 0 bridgehead atoms. The molecule has 4 N–H and O–H groups in total. The van der Waals surface area contributed by atoms with Crippen molar-refractivity contribution in [3.63, 3.8) is 0 Å². The lowest BCUT2D eigenvalue weighted by Gasteiger charge is -2.36. The van der Waals surface area contributed by atoms with Crippen molar-refractivity contribution in [1.82, 2.24) is 10.6 Å². The topological polar surface area (TPSA) is 143 Å². The van der Waals surface area contributed by atoms with Crippen LogP contribution in [0.1, 0.15) is 57.0 Å². The summed E-state index contributed by atoms with van der Waals surface area (Å²) in [5.74, 6) is -0.851. The minimum Gasteiger partial charge on any atom is -0.478 e. The van der Waals surface area contributed by atoms with Gasteiger partial charge < -0.3 is 35.1 Å². The van der Waals surface area contributed by atoms with Crippen LogP contribution in [0.4, 0.5) is 4.79 Å². The van der Waals surface area contributed by atoms with Crippen LogP contribution in [0.5, 0.6) is 0 Å². The number of thioether (sulfide) groups is 1. The third-order valence-electron chi connectivity index (χ3n) is 9.18. The van der Waals surface area contributed by atoms with E-state index in [0.29, 0.717) is 18.6 Å². The molecule has 1 aliphatic heterocycles. The molecule has 0 radical (unpaired) electrons. The van der Waals surface area contributed by atoms with Crippen LogP contribution < -0.4 is 10.6 Å². The predicted octanol–water partition coefficient (Wildman–Crippen LogP) is 7.47. The lowest BCUT2D eigenvalue weighted by atomic mass is 9.98. The summed E-state index contributed by atoms with van der Waals surface area (Å²) in [5, 5.41) is 24.5. The van der Waals surface area contributed by atoms with E-state index in [0.717, 1.165) is 43.8 Å². The van der Waals surface area contributed by atoms with Crippen LogP contribution in [-0.2, 0) is 38.6 Å². The molecule has 0 saturated carbocycles. The molecule has 5 aromatic carbocycles. The number of amides is 2. The molecule has 54 heavy (non-hydrogen) atoms. The summed E-state index contributed by atoms with van der Waals surface area (Å²) in [7, 11) is 1.30. The third kappa shape index (κ3) is 10.1. The highest BCUT2D eigenvalue weighted by Crippen LogP contribution is 2.40. The molecule has 5 aromatic rings. The van der Waals surface area contributed by atoms with E-state index >= 15 is 0 Å². The zero-order valence-electron chi connectivity index (χ0n) is 29.7. The van der Waals surface area contributed by atoms with Crippen LogP contribution in [0.15, 0.2) is 132 Å². The Balaban J connectivity index is 1.14. The first-order valence-electron chi connectivity index (χ1n) is 17.6. The molecule has 1 aliphatic rings. The second-order valence-electron chi connectivity index (χ2n) is 12.9. The first kappa shape index (κ1) is 38.3. The number of aliphatic hydroxyl groups excluding tert-OH is 1. The fourth-order valence-electron chi connectivity index (χ4n) is 6.25. The molecule has 6 rings (SSSR count). The molecule has 1 heterocycles. The van der Waals surface area contributed by atoms with E-state index in [1.165, 1.54) is 7.11 Å². The number of benzene rings is 5. The summed E-state index contributed by atoms with van der Waals surface area (Å²) in [5.41, 5.74) is 6.56. The SMILES string of the molecule is COC(=O)[C@H](Cc1ccccc1)NC(=O)NCc1ccccc1-c1ccc([C@@H]2O[C@H](CSc3ccc(C(=O)O)cc3)C[C@H](c3ccc(CO)cc3)O2)cc1. The Morgan fingerprint density at radius 3 is 2.19 bits per heavy atom. The van der Waals surface area contributed by atoms with E-state index in [9.17, 15) is 24.6 Å². The highest BCUT2D eigenvalue weighted by atomic mass is 32.2. The predicted molar refractivity (Wildman–Crippen MR) is 206 cm³/mol. The number of esters is 1. The van der Waals surface area contributed by atoms with Crippen LogP contribution in [0.2, 0.25) is 0 Å². The Bertz CT molecular complexity index is 2010. The highest BCUT2D eigenvalue weighted by Gasteiger charge is 2.32. The molecule has 4 atom stereocenters. The standard InChI is InChI=1S/C43H42N2O8S/c1-51-41(49)38(23-28-7-3-2-4-8-28)45-43(50)44-25-34-9-5-6-10-37(34)30-15-17-33(18-16-30)42-52-35(27-54-36-21-19-32(20-22-36)40(47)48)24-39(53-42)31-13-11-29(26-46)12-14-31/h2-22,35,38-39,42,46H,23-27H2,1H3,(H,47,48)(H2,44,45,50)/t35-,38-,39+,42+/m0/s1. The molecule has 0 unspecified atom stereocenters.